The van der Waals surface area contributed by atoms with Gasteiger partial charge in [0.05, 0.1) is 0 Å². The summed E-state index contributed by atoms with van der Waals surface area (Å²) in [6, 6.07) is 0.745. The van der Waals surface area contributed by atoms with Crippen molar-refractivity contribution >= 4 is 23.2 Å². The van der Waals surface area contributed by atoms with Crippen LogP contribution in [-0.4, -0.2) is 16.9 Å². The zero-order valence-electron chi connectivity index (χ0n) is 7.15. The SMILES string of the molecule is ClC1(Cl)CC1CNC1CCCC1. The van der Waals surface area contributed by atoms with Crippen molar-refractivity contribution in [3.05, 3.63) is 0 Å². The molecule has 0 saturated heterocycles. The second-order valence-corrected chi connectivity index (χ2v) is 5.59. The first kappa shape index (κ1) is 9.11. The molecule has 1 nitrogen and oxygen atoms in total. The zero-order chi connectivity index (χ0) is 8.60. The maximum Gasteiger partial charge on any atom is 0.122 e. The summed E-state index contributed by atoms with van der Waals surface area (Å²) in [5, 5.41) is 3.53. The van der Waals surface area contributed by atoms with Crippen molar-refractivity contribution in [1.82, 2.24) is 5.32 Å². The minimum Gasteiger partial charge on any atom is -0.314 e. The van der Waals surface area contributed by atoms with Crippen LogP contribution in [0.5, 0.6) is 0 Å². The fraction of sp³-hybridized carbons (Fsp3) is 1.00. The van der Waals surface area contributed by atoms with E-state index in [4.69, 9.17) is 23.2 Å². The van der Waals surface area contributed by atoms with Crippen molar-refractivity contribution in [2.24, 2.45) is 5.92 Å². The summed E-state index contributed by atoms with van der Waals surface area (Å²) in [6.45, 7) is 1.01. The molecule has 0 aliphatic heterocycles. The van der Waals surface area contributed by atoms with Crippen molar-refractivity contribution in [1.29, 1.82) is 0 Å². The minimum absolute atomic E-state index is 0.397. The molecule has 0 aromatic rings. The molecular weight excluding hydrogens is 193 g/mol. The Balaban J connectivity index is 1.63. The van der Waals surface area contributed by atoms with Gasteiger partial charge >= 0.3 is 0 Å². The molecule has 1 N–H and O–H groups in total. The zero-order valence-corrected chi connectivity index (χ0v) is 8.67. The lowest BCUT2D eigenvalue weighted by molar-refractivity contribution is 0.506. The first-order valence-corrected chi connectivity index (χ1v) is 5.55. The van der Waals surface area contributed by atoms with E-state index in [1.54, 1.807) is 0 Å². The number of alkyl halides is 2. The molecule has 2 rings (SSSR count). The van der Waals surface area contributed by atoms with Crippen LogP contribution in [0.1, 0.15) is 32.1 Å². The van der Waals surface area contributed by atoms with Crippen molar-refractivity contribution < 1.29 is 0 Å². The lowest BCUT2D eigenvalue weighted by Crippen LogP contribution is -2.28. The third-order valence-corrected chi connectivity index (χ3v) is 3.89. The molecular formula is C9H15Cl2N. The van der Waals surface area contributed by atoms with Crippen LogP contribution in [0.25, 0.3) is 0 Å². The van der Waals surface area contributed by atoms with Gasteiger partial charge < -0.3 is 5.32 Å². The van der Waals surface area contributed by atoms with Crippen LogP contribution in [0, 0.1) is 5.92 Å². The monoisotopic (exact) mass is 207 g/mol. The van der Waals surface area contributed by atoms with Gasteiger partial charge in [-0.05, 0) is 19.3 Å². The number of rotatable bonds is 3. The summed E-state index contributed by atoms with van der Waals surface area (Å²) in [7, 11) is 0. The van der Waals surface area contributed by atoms with Crippen LogP contribution in [0.15, 0.2) is 0 Å². The van der Waals surface area contributed by atoms with E-state index in [2.05, 4.69) is 5.32 Å². The van der Waals surface area contributed by atoms with Crippen LogP contribution < -0.4 is 5.32 Å². The van der Waals surface area contributed by atoms with Gasteiger partial charge in [0, 0.05) is 18.5 Å². The highest BCUT2D eigenvalue weighted by Crippen LogP contribution is 2.52. The first-order chi connectivity index (χ1) is 5.68. The molecule has 1 atom stereocenters. The number of halogens is 2. The molecule has 2 aliphatic rings. The maximum absolute atomic E-state index is 5.92. The Morgan fingerprint density at radius 1 is 1.25 bits per heavy atom. The lowest BCUT2D eigenvalue weighted by atomic mass is 10.2. The van der Waals surface area contributed by atoms with Gasteiger partial charge in [-0.2, -0.15) is 0 Å². The molecule has 2 aliphatic carbocycles. The largest absolute Gasteiger partial charge is 0.314 e. The summed E-state index contributed by atoms with van der Waals surface area (Å²) in [5.74, 6) is 0.501. The van der Waals surface area contributed by atoms with E-state index in [0.717, 1.165) is 19.0 Å². The van der Waals surface area contributed by atoms with E-state index in [1.807, 2.05) is 0 Å². The van der Waals surface area contributed by atoms with Crippen molar-refractivity contribution in [3.63, 3.8) is 0 Å². The van der Waals surface area contributed by atoms with Crippen LogP contribution in [0.2, 0.25) is 0 Å². The Bertz CT molecular complexity index is 159. The van der Waals surface area contributed by atoms with Crippen LogP contribution >= 0.6 is 23.2 Å². The summed E-state index contributed by atoms with van der Waals surface area (Å²) >= 11 is 11.8. The molecule has 3 heteroatoms. The van der Waals surface area contributed by atoms with Crippen LogP contribution in [0.3, 0.4) is 0 Å². The molecule has 2 fully saturated rings. The summed E-state index contributed by atoms with van der Waals surface area (Å²) < 4.78 is -0.397. The topological polar surface area (TPSA) is 12.0 Å². The molecule has 2 saturated carbocycles. The van der Waals surface area contributed by atoms with Crippen LogP contribution in [-0.2, 0) is 0 Å². The average Bonchev–Trinajstić information content (AvgIpc) is 2.54. The van der Waals surface area contributed by atoms with Crippen LogP contribution in [0.4, 0.5) is 0 Å². The third-order valence-electron chi connectivity index (χ3n) is 2.96. The normalized spacial score (nSPS) is 34.0. The quantitative estimate of drug-likeness (QED) is 0.703. The highest BCUT2D eigenvalue weighted by Gasteiger charge is 2.51. The molecule has 0 radical (unpaired) electrons. The van der Waals surface area contributed by atoms with E-state index in [-0.39, 0.29) is 0 Å². The average molecular weight is 208 g/mol. The first-order valence-electron chi connectivity index (χ1n) is 4.80. The van der Waals surface area contributed by atoms with Gasteiger partial charge in [-0.3, -0.25) is 0 Å². The predicted octanol–water partition coefficient (Wildman–Crippen LogP) is 2.71. The lowest BCUT2D eigenvalue weighted by Gasteiger charge is -2.11. The van der Waals surface area contributed by atoms with Gasteiger partial charge in [0.15, 0.2) is 0 Å². The molecule has 0 spiro atoms. The van der Waals surface area contributed by atoms with E-state index >= 15 is 0 Å². The number of hydrogen-bond acceptors (Lipinski definition) is 1. The fourth-order valence-electron chi connectivity index (χ4n) is 1.93. The van der Waals surface area contributed by atoms with E-state index < -0.39 is 4.33 Å². The summed E-state index contributed by atoms with van der Waals surface area (Å²) in [4.78, 5) is 0. The van der Waals surface area contributed by atoms with Gasteiger partial charge in [-0.15, -0.1) is 23.2 Å². The van der Waals surface area contributed by atoms with Gasteiger partial charge in [-0.25, -0.2) is 0 Å². The maximum atomic E-state index is 5.92. The summed E-state index contributed by atoms with van der Waals surface area (Å²) in [5.41, 5.74) is 0. The Kier molecular flexibility index (Phi) is 2.55. The number of hydrogen-bond donors (Lipinski definition) is 1. The fourth-order valence-corrected chi connectivity index (χ4v) is 2.46. The molecule has 0 heterocycles. The summed E-state index contributed by atoms with van der Waals surface area (Å²) in [6.07, 6.45) is 6.41. The Morgan fingerprint density at radius 2 is 1.83 bits per heavy atom. The molecule has 0 aromatic heterocycles. The predicted molar refractivity (Wildman–Crippen MR) is 52.8 cm³/mol. The molecule has 0 aromatic carbocycles. The minimum atomic E-state index is -0.397. The van der Waals surface area contributed by atoms with E-state index in [0.29, 0.717) is 5.92 Å². The van der Waals surface area contributed by atoms with E-state index in [9.17, 15) is 0 Å². The van der Waals surface area contributed by atoms with Crippen molar-refractivity contribution in [2.45, 2.75) is 42.5 Å². The van der Waals surface area contributed by atoms with Crippen molar-refractivity contribution in [3.8, 4) is 0 Å². The molecule has 1 unspecified atom stereocenters. The Labute approximate surface area is 83.8 Å². The Morgan fingerprint density at radius 3 is 2.33 bits per heavy atom. The smallest absolute Gasteiger partial charge is 0.122 e. The molecule has 0 amide bonds. The second-order valence-electron chi connectivity index (χ2n) is 4.05. The van der Waals surface area contributed by atoms with Gasteiger partial charge in [-0.1, -0.05) is 12.8 Å². The highest BCUT2D eigenvalue weighted by molar-refractivity contribution is 6.50. The van der Waals surface area contributed by atoms with Gasteiger partial charge in [0.25, 0.3) is 0 Å². The Hall–Kier alpha value is 0.540. The standard InChI is InChI=1S/C9H15Cl2N/c10-9(11)5-7(9)6-12-8-3-1-2-4-8/h7-8,12H,1-6H2. The molecule has 12 heavy (non-hydrogen) atoms. The molecule has 0 bridgehead atoms. The van der Waals surface area contributed by atoms with E-state index in [1.165, 1.54) is 25.7 Å². The molecule has 70 valence electrons. The second kappa shape index (κ2) is 3.36. The van der Waals surface area contributed by atoms with Gasteiger partial charge in [0.2, 0.25) is 0 Å². The van der Waals surface area contributed by atoms with Gasteiger partial charge in [0.1, 0.15) is 4.33 Å². The third kappa shape index (κ3) is 2.07. The van der Waals surface area contributed by atoms with Crippen molar-refractivity contribution in [2.75, 3.05) is 6.54 Å². The number of nitrogens with one attached hydrogen (secondary N) is 1. The highest BCUT2D eigenvalue weighted by atomic mass is 35.5.